The summed E-state index contributed by atoms with van der Waals surface area (Å²) in [6.07, 6.45) is 3.04. The van der Waals surface area contributed by atoms with Gasteiger partial charge in [-0.2, -0.15) is 0 Å². The van der Waals surface area contributed by atoms with Crippen LogP contribution in [0.15, 0.2) is 24.3 Å². The molecule has 6 heteroatoms. The summed E-state index contributed by atoms with van der Waals surface area (Å²) >= 11 is 0. The molecule has 2 aliphatic heterocycles. The Kier molecular flexibility index (Phi) is 4.92. The first-order valence-corrected chi connectivity index (χ1v) is 8.25. The van der Waals surface area contributed by atoms with Gasteiger partial charge in [-0.3, -0.25) is 10.1 Å². The van der Waals surface area contributed by atoms with Gasteiger partial charge in [0.25, 0.3) is 5.92 Å². The highest BCUT2D eigenvalue weighted by Crippen LogP contribution is 2.25. The number of nitrogens with one attached hydrogen (secondary N) is 2. The van der Waals surface area contributed by atoms with Crippen molar-refractivity contribution in [1.29, 1.82) is 0 Å². The standard InChI is InChI=1S/C17H23F2N3O/c18-17(19)11-15(20-12-17)16(23)21-14-5-3-4-13(10-14)6-9-22-7-1-2-8-22/h3-5,10,15,20H,1-2,6-9,11-12H2,(H,21,23). The van der Waals surface area contributed by atoms with Gasteiger partial charge < -0.3 is 10.2 Å². The predicted molar refractivity (Wildman–Crippen MR) is 85.8 cm³/mol. The molecule has 0 bridgehead atoms. The Morgan fingerprint density at radius 1 is 1.35 bits per heavy atom. The molecule has 1 amide bonds. The Labute approximate surface area is 135 Å². The SMILES string of the molecule is O=C(Nc1cccc(CCN2CCCC2)c1)C1CC(F)(F)CN1. The van der Waals surface area contributed by atoms with Crippen molar-refractivity contribution < 1.29 is 13.6 Å². The van der Waals surface area contributed by atoms with Crippen LogP contribution >= 0.6 is 0 Å². The molecular formula is C17H23F2N3O. The van der Waals surface area contributed by atoms with Gasteiger partial charge in [0.1, 0.15) is 0 Å². The molecule has 2 saturated heterocycles. The van der Waals surface area contributed by atoms with Crippen LogP contribution in [0.2, 0.25) is 0 Å². The molecule has 0 aromatic heterocycles. The van der Waals surface area contributed by atoms with Gasteiger partial charge in [-0.1, -0.05) is 12.1 Å². The monoisotopic (exact) mass is 323 g/mol. The Morgan fingerprint density at radius 3 is 2.83 bits per heavy atom. The number of hydrogen-bond acceptors (Lipinski definition) is 3. The lowest BCUT2D eigenvalue weighted by molar-refractivity contribution is -0.118. The third kappa shape index (κ3) is 4.48. The van der Waals surface area contributed by atoms with Crippen LogP contribution < -0.4 is 10.6 Å². The number of likely N-dealkylation sites (tertiary alicyclic amines) is 1. The molecule has 0 aliphatic carbocycles. The van der Waals surface area contributed by atoms with E-state index in [1.54, 1.807) is 6.07 Å². The summed E-state index contributed by atoms with van der Waals surface area (Å²) in [4.78, 5) is 14.5. The largest absolute Gasteiger partial charge is 0.325 e. The summed E-state index contributed by atoms with van der Waals surface area (Å²) < 4.78 is 26.3. The summed E-state index contributed by atoms with van der Waals surface area (Å²) in [5.74, 6) is -3.18. The number of halogens is 2. The second kappa shape index (κ2) is 6.93. The van der Waals surface area contributed by atoms with Gasteiger partial charge in [0.05, 0.1) is 12.6 Å². The fourth-order valence-corrected chi connectivity index (χ4v) is 3.23. The van der Waals surface area contributed by atoms with Crippen molar-refractivity contribution in [2.45, 2.75) is 37.6 Å². The fourth-order valence-electron chi connectivity index (χ4n) is 3.23. The normalized spacial score (nSPS) is 24.0. The van der Waals surface area contributed by atoms with E-state index < -0.39 is 24.9 Å². The molecular weight excluding hydrogens is 300 g/mol. The maximum Gasteiger partial charge on any atom is 0.262 e. The van der Waals surface area contributed by atoms with Crippen LogP contribution in [0.25, 0.3) is 0 Å². The van der Waals surface area contributed by atoms with Crippen molar-refractivity contribution in [2.24, 2.45) is 0 Å². The number of amides is 1. The van der Waals surface area contributed by atoms with Gasteiger partial charge in [-0.15, -0.1) is 0 Å². The molecule has 2 aliphatic rings. The highest BCUT2D eigenvalue weighted by atomic mass is 19.3. The lowest BCUT2D eigenvalue weighted by Gasteiger charge is -2.15. The minimum absolute atomic E-state index is 0.390. The van der Waals surface area contributed by atoms with E-state index in [-0.39, 0.29) is 5.91 Å². The first kappa shape index (κ1) is 16.3. The molecule has 1 aromatic rings. The number of carbonyl (C=O) groups excluding carboxylic acids is 1. The van der Waals surface area contributed by atoms with Crippen molar-refractivity contribution in [3.63, 3.8) is 0 Å². The number of carbonyl (C=O) groups is 1. The van der Waals surface area contributed by atoms with E-state index in [2.05, 4.69) is 15.5 Å². The molecule has 2 heterocycles. The highest BCUT2D eigenvalue weighted by Gasteiger charge is 2.42. The quantitative estimate of drug-likeness (QED) is 0.874. The molecule has 1 unspecified atom stereocenters. The first-order chi connectivity index (χ1) is 11.0. The molecule has 2 fully saturated rings. The lowest BCUT2D eigenvalue weighted by atomic mass is 10.1. The van der Waals surface area contributed by atoms with E-state index >= 15 is 0 Å². The molecule has 1 atom stereocenters. The van der Waals surface area contributed by atoms with Gasteiger partial charge >= 0.3 is 0 Å². The smallest absolute Gasteiger partial charge is 0.262 e. The van der Waals surface area contributed by atoms with Crippen LogP contribution in [0.4, 0.5) is 14.5 Å². The van der Waals surface area contributed by atoms with Gasteiger partial charge in [0.15, 0.2) is 0 Å². The lowest BCUT2D eigenvalue weighted by Crippen LogP contribution is -2.35. The fraction of sp³-hybridized carbons (Fsp3) is 0.588. The molecule has 0 spiro atoms. The Balaban J connectivity index is 1.53. The number of hydrogen-bond donors (Lipinski definition) is 2. The van der Waals surface area contributed by atoms with E-state index in [4.69, 9.17) is 0 Å². The van der Waals surface area contributed by atoms with Crippen LogP contribution in [-0.4, -0.2) is 49.0 Å². The number of benzene rings is 1. The van der Waals surface area contributed by atoms with Crippen molar-refractivity contribution in [3.8, 4) is 0 Å². The summed E-state index contributed by atoms with van der Waals surface area (Å²) in [5, 5.41) is 5.32. The van der Waals surface area contributed by atoms with Gasteiger partial charge in [-0.25, -0.2) is 8.78 Å². The third-order valence-electron chi connectivity index (χ3n) is 4.54. The van der Waals surface area contributed by atoms with Crippen molar-refractivity contribution in [1.82, 2.24) is 10.2 Å². The van der Waals surface area contributed by atoms with E-state index in [0.717, 1.165) is 31.6 Å². The van der Waals surface area contributed by atoms with E-state index in [1.165, 1.54) is 12.8 Å². The minimum atomic E-state index is -2.79. The zero-order chi connectivity index (χ0) is 16.3. The van der Waals surface area contributed by atoms with Crippen LogP contribution in [0.3, 0.4) is 0 Å². The average molecular weight is 323 g/mol. The molecule has 23 heavy (non-hydrogen) atoms. The van der Waals surface area contributed by atoms with Crippen LogP contribution in [0.1, 0.15) is 24.8 Å². The molecule has 0 saturated carbocycles. The highest BCUT2D eigenvalue weighted by molar-refractivity contribution is 5.95. The molecule has 4 nitrogen and oxygen atoms in total. The van der Waals surface area contributed by atoms with Gasteiger partial charge in [0, 0.05) is 18.7 Å². The zero-order valence-corrected chi connectivity index (χ0v) is 13.2. The topological polar surface area (TPSA) is 44.4 Å². The predicted octanol–water partition coefficient (Wildman–Crippen LogP) is 2.26. The number of nitrogens with zero attached hydrogens (tertiary/aromatic N) is 1. The summed E-state index contributed by atoms with van der Waals surface area (Å²) in [6, 6.07) is 6.84. The van der Waals surface area contributed by atoms with E-state index in [0.29, 0.717) is 5.69 Å². The van der Waals surface area contributed by atoms with Crippen LogP contribution in [0, 0.1) is 0 Å². The van der Waals surface area contributed by atoms with Gasteiger partial charge in [-0.05, 0) is 50.0 Å². The Morgan fingerprint density at radius 2 is 2.13 bits per heavy atom. The van der Waals surface area contributed by atoms with Gasteiger partial charge in [0.2, 0.25) is 5.91 Å². The van der Waals surface area contributed by atoms with E-state index in [1.807, 2.05) is 18.2 Å². The first-order valence-electron chi connectivity index (χ1n) is 8.25. The second-order valence-corrected chi connectivity index (χ2v) is 6.48. The van der Waals surface area contributed by atoms with Crippen LogP contribution in [0.5, 0.6) is 0 Å². The molecule has 126 valence electrons. The van der Waals surface area contributed by atoms with E-state index in [9.17, 15) is 13.6 Å². The minimum Gasteiger partial charge on any atom is -0.325 e. The molecule has 0 radical (unpaired) electrons. The maximum atomic E-state index is 13.2. The average Bonchev–Trinajstić information content (AvgIpc) is 3.15. The van der Waals surface area contributed by atoms with Crippen molar-refractivity contribution in [2.75, 3.05) is 31.5 Å². The zero-order valence-electron chi connectivity index (χ0n) is 13.2. The van der Waals surface area contributed by atoms with Crippen molar-refractivity contribution >= 4 is 11.6 Å². The molecule has 2 N–H and O–H groups in total. The third-order valence-corrected chi connectivity index (χ3v) is 4.54. The number of rotatable bonds is 5. The summed E-state index contributed by atoms with van der Waals surface area (Å²) in [5.41, 5.74) is 1.82. The molecule has 3 rings (SSSR count). The van der Waals surface area contributed by atoms with Crippen molar-refractivity contribution in [3.05, 3.63) is 29.8 Å². The van der Waals surface area contributed by atoms with Crippen LogP contribution in [-0.2, 0) is 11.2 Å². The Bertz CT molecular complexity index is 559. The number of anilines is 1. The second-order valence-electron chi connectivity index (χ2n) is 6.48. The molecule has 1 aromatic carbocycles. The Hall–Kier alpha value is -1.53. The maximum absolute atomic E-state index is 13.2. The summed E-state index contributed by atoms with van der Waals surface area (Å²) in [6.45, 7) is 2.92. The number of alkyl halides is 2. The summed E-state index contributed by atoms with van der Waals surface area (Å²) in [7, 11) is 0.